The number of methoxy groups -OCH3 is 1. The Morgan fingerprint density at radius 1 is 0.947 bits per heavy atom. The summed E-state index contributed by atoms with van der Waals surface area (Å²) in [5, 5.41) is 2.92. The number of amides is 3. The summed E-state index contributed by atoms with van der Waals surface area (Å²) in [6.07, 6.45) is 3.67. The lowest BCUT2D eigenvalue weighted by atomic mass is 9.97. The summed E-state index contributed by atoms with van der Waals surface area (Å²) in [6, 6.07) is 24.1. The lowest BCUT2D eigenvalue weighted by molar-refractivity contribution is -0.119. The van der Waals surface area contributed by atoms with Gasteiger partial charge in [-0.25, -0.2) is 9.18 Å². The maximum atomic E-state index is 14.1. The highest BCUT2D eigenvalue weighted by molar-refractivity contribution is 6.01. The third-order valence-corrected chi connectivity index (χ3v) is 7.07. The fourth-order valence-electron chi connectivity index (χ4n) is 5.07. The summed E-state index contributed by atoms with van der Waals surface area (Å²) in [7, 11) is 1.59. The van der Waals surface area contributed by atoms with E-state index in [1.807, 2.05) is 42.6 Å². The number of carbonyl (C=O) groups excluding carboxylic acids is 2. The van der Waals surface area contributed by atoms with Crippen LogP contribution in [0.2, 0.25) is 0 Å². The smallest absolute Gasteiger partial charge is 0.322 e. The predicted octanol–water partition coefficient (Wildman–Crippen LogP) is 5.76. The molecule has 1 saturated carbocycles. The molecule has 3 aromatic carbocycles. The molecule has 1 unspecified atom stereocenters. The quantitative estimate of drug-likeness (QED) is 0.359. The lowest BCUT2D eigenvalue weighted by Crippen LogP contribution is -2.48. The number of aromatic nitrogens is 1. The molecule has 38 heavy (non-hydrogen) atoms. The van der Waals surface area contributed by atoms with Gasteiger partial charge in [-0.1, -0.05) is 24.3 Å². The molecule has 7 nitrogen and oxygen atoms in total. The SMILES string of the molecule is COc1ccc(NC(=O)N(CC(=O)N2c3ccccc3-n3cccc3C2c2ccc(F)cc2)C2CC2)cc1. The van der Waals surface area contributed by atoms with Gasteiger partial charge in [0.1, 0.15) is 24.2 Å². The van der Waals surface area contributed by atoms with Crippen molar-refractivity contribution in [3.63, 3.8) is 0 Å². The van der Waals surface area contributed by atoms with Gasteiger partial charge in [0.2, 0.25) is 5.91 Å². The van der Waals surface area contributed by atoms with E-state index in [0.29, 0.717) is 11.4 Å². The van der Waals surface area contributed by atoms with Gasteiger partial charge in [-0.05, 0) is 79.1 Å². The standard InChI is InChI=1S/C30H27FN4O3/c1-38-24-16-12-22(13-17-24)32-30(37)34(23-14-15-23)19-28(36)35-26-6-3-2-5-25(26)33-18-4-7-27(33)29(35)20-8-10-21(31)11-9-20/h2-13,16-18,23,29H,14-15,19H2,1H3,(H,32,37). The molecule has 2 aliphatic rings. The Bertz CT molecular complexity index is 1480. The van der Waals surface area contributed by atoms with Gasteiger partial charge in [-0.15, -0.1) is 0 Å². The molecule has 2 heterocycles. The van der Waals surface area contributed by atoms with Crippen molar-refractivity contribution < 1.29 is 18.7 Å². The van der Waals surface area contributed by atoms with Crippen LogP contribution >= 0.6 is 0 Å². The fraction of sp³-hybridized carbons (Fsp3) is 0.200. The Morgan fingerprint density at radius 2 is 1.66 bits per heavy atom. The molecule has 1 fully saturated rings. The van der Waals surface area contributed by atoms with Gasteiger partial charge in [0.05, 0.1) is 24.2 Å². The molecule has 3 amide bonds. The Kier molecular flexibility index (Phi) is 6.07. The van der Waals surface area contributed by atoms with E-state index in [9.17, 15) is 14.0 Å². The third kappa shape index (κ3) is 4.38. The molecular weight excluding hydrogens is 483 g/mol. The zero-order chi connectivity index (χ0) is 26.2. The molecule has 0 radical (unpaired) electrons. The van der Waals surface area contributed by atoms with Crippen molar-refractivity contribution in [2.24, 2.45) is 0 Å². The van der Waals surface area contributed by atoms with Crippen LogP contribution in [-0.2, 0) is 4.79 Å². The van der Waals surface area contributed by atoms with Crippen molar-refractivity contribution in [2.45, 2.75) is 24.9 Å². The van der Waals surface area contributed by atoms with E-state index in [1.165, 1.54) is 12.1 Å². The molecule has 1 atom stereocenters. The summed E-state index contributed by atoms with van der Waals surface area (Å²) in [5.41, 5.74) is 3.92. The van der Waals surface area contributed by atoms with Gasteiger partial charge in [0.25, 0.3) is 0 Å². The number of urea groups is 1. The number of para-hydroxylation sites is 2. The highest BCUT2D eigenvalue weighted by Crippen LogP contribution is 2.42. The molecule has 8 heteroatoms. The van der Waals surface area contributed by atoms with Crippen LogP contribution in [-0.4, -0.2) is 41.1 Å². The maximum absolute atomic E-state index is 14.1. The van der Waals surface area contributed by atoms with E-state index in [-0.39, 0.29) is 30.3 Å². The second kappa shape index (κ2) is 9.70. The zero-order valence-corrected chi connectivity index (χ0v) is 20.9. The van der Waals surface area contributed by atoms with Gasteiger partial charge in [0, 0.05) is 17.9 Å². The van der Waals surface area contributed by atoms with Gasteiger partial charge >= 0.3 is 6.03 Å². The molecule has 1 N–H and O–H groups in total. The predicted molar refractivity (Wildman–Crippen MR) is 143 cm³/mol. The van der Waals surface area contributed by atoms with E-state index in [1.54, 1.807) is 53.3 Å². The first-order valence-corrected chi connectivity index (χ1v) is 12.6. The molecule has 6 rings (SSSR count). The Morgan fingerprint density at radius 3 is 2.34 bits per heavy atom. The van der Waals surface area contributed by atoms with Crippen LogP contribution in [0, 0.1) is 5.82 Å². The van der Waals surface area contributed by atoms with Gasteiger partial charge < -0.3 is 19.5 Å². The Labute approximate surface area is 220 Å². The van der Waals surface area contributed by atoms with Gasteiger partial charge in [-0.2, -0.15) is 0 Å². The lowest BCUT2D eigenvalue weighted by Gasteiger charge is -2.39. The Balaban J connectivity index is 1.33. The Hall–Kier alpha value is -4.59. The van der Waals surface area contributed by atoms with Crippen LogP contribution in [0.3, 0.4) is 0 Å². The molecule has 1 aliphatic carbocycles. The summed E-state index contributed by atoms with van der Waals surface area (Å²) >= 11 is 0. The first kappa shape index (κ1) is 23.8. The molecule has 1 aliphatic heterocycles. The summed E-state index contributed by atoms with van der Waals surface area (Å²) < 4.78 is 21.1. The number of benzene rings is 3. The number of nitrogens with one attached hydrogen (secondary N) is 1. The first-order valence-electron chi connectivity index (χ1n) is 12.6. The van der Waals surface area contributed by atoms with E-state index >= 15 is 0 Å². The summed E-state index contributed by atoms with van der Waals surface area (Å²) in [5.74, 6) is 0.141. The first-order chi connectivity index (χ1) is 18.5. The van der Waals surface area contributed by atoms with Crippen molar-refractivity contribution >= 4 is 23.3 Å². The average Bonchev–Trinajstić information content (AvgIpc) is 3.66. The third-order valence-electron chi connectivity index (χ3n) is 7.07. The van der Waals surface area contributed by atoms with E-state index in [2.05, 4.69) is 9.88 Å². The largest absolute Gasteiger partial charge is 0.497 e. The van der Waals surface area contributed by atoms with Crippen LogP contribution in [0.25, 0.3) is 5.69 Å². The number of nitrogens with zero attached hydrogens (tertiary/aromatic N) is 3. The van der Waals surface area contributed by atoms with Crippen molar-refractivity contribution in [1.82, 2.24) is 9.47 Å². The number of anilines is 2. The van der Waals surface area contributed by atoms with Crippen LogP contribution in [0.4, 0.5) is 20.6 Å². The van der Waals surface area contributed by atoms with Crippen LogP contribution < -0.4 is 15.0 Å². The molecule has 192 valence electrons. The molecule has 4 aromatic rings. The number of carbonyl (C=O) groups is 2. The van der Waals surface area contributed by atoms with Crippen LogP contribution in [0.5, 0.6) is 5.75 Å². The summed E-state index contributed by atoms with van der Waals surface area (Å²) in [4.78, 5) is 30.8. The summed E-state index contributed by atoms with van der Waals surface area (Å²) in [6.45, 7) is -0.0839. The van der Waals surface area contributed by atoms with E-state index in [0.717, 1.165) is 35.5 Å². The van der Waals surface area contributed by atoms with E-state index in [4.69, 9.17) is 4.74 Å². The monoisotopic (exact) mass is 510 g/mol. The van der Waals surface area contributed by atoms with Gasteiger partial charge in [0.15, 0.2) is 0 Å². The normalized spacial score (nSPS) is 15.8. The fourth-order valence-corrected chi connectivity index (χ4v) is 5.07. The van der Waals surface area contributed by atoms with Crippen molar-refractivity contribution in [2.75, 3.05) is 23.9 Å². The molecule has 1 aromatic heterocycles. The molecule has 0 bridgehead atoms. The highest BCUT2D eigenvalue weighted by atomic mass is 19.1. The number of rotatable bonds is 6. The topological polar surface area (TPSA) is 66.8 Å². The number of hydrogen-bond donors (Lipinski definition) is 1. The highest BCUT2D eigenvalue weighted by Gasteiger charge is 2.40. The number of fused-ring (bicyclic) bond motifs is 3. The molecular formula is C30H27FN4O3. The van der Waals surface area contributed by atoms with Crippen LogP contribution in [0.1, 0.15) is 30.1 Å². The second-order valence-electron chi connectivity index (χ2n) is 9.53. The minimum absolute atomic E-state index is 0.00497. The van der Waals surface area contributed by atoms with Crippen molar-refractivity contribution in [3.8, 4) is 11.4 Å². The van der Waals surface area contributed by atoms with Crippen molar-refractivity contribution in [1.29, 1.82) is 0 Å². The zero-order valence-electron chi connectivity index (χ0n) is 20.9. The maximum Gasteiger partial charge on any atom is 0.322 e. The van der Waals surface area contributed by atoms with Crippen LogP contribution in [0.15, 0.2) is 91.1 Å². The number of halogens is 1. The molecule has 0 saturated heterocycles. The van der Waals surface area contributed by atoms with E-state index < -0.39 is 6.04 Å². The second-order valence-corrected chi connectivity index (χ2v) is 9.53. The minimum Gasteiger partial charge on any atom is -0.497 e. The average molecular weight is 511 g/mol. The number of hydrogen-bond acceptors (Lipinski definition) is 3. The van der Waals surface area contributed by atoms with Crippen molar-refractivity contribution in [3.05, 3.63) is 108 Å². The van der Waals surface area contributed by atoms with Gasteiger partial charge in [-0.3, -0.25) is 9.69 Å². The number of ether oxygens (including phenoxy) is 1. The molecule has 0 spiro atoms. The minimum atomic E-state index is -0.473.